The van der Waals surface area contributed by atoms with Gasteiger partial charge in [0.05, 0.1) is 12.3 Å². The van der Waals surface area contributed by atoms with Gasteiger partial charge in [-0.05, 0) is 42.1 Å². The minimum Gasteiger partial charge on any atom is -0.348 e. The highest BCUT2D eigenvalue weighted by Gasteiger charge is 2.12. The lowest BCUT2D eigenvalue weighted by atomic mass is 10.1. The molecule has 2 aromatic carbocycles. The third kappa shape index (κ3) is 4.43. The topological polar surface area (TPSA) is 80.2 Å². The summed E-state index contributed by atoms with van der Waals surface area (Å²) in [5, 5.41) is 4.04. The van der Waals surface area contributed by atoms with Crippen molar-refractivity contribution in [2.24, 2.45) is 0 Å². The van der Waals surface area contributed by atoms with E-state index in [2.05, 4.69) is 10.0 Å². The molecule has 3 aromatic rings. The molecule has 0 bridgehead atoms. The number of fused-ring (bicyclic) bond motifs is 1. The number of amides is 1. The van der Waals surface area contributed by atoms with E-state index < -0.39 is 10.0 Å². The zero-order valence-electron chi connectivity index (χ0n) is 14.6. The SMILES string of the molecule is C[C@@H](NC(=O)Cn1ccc2ccccc21)c1cccc(NS(C)(=O)=O)c1. The van der Waals surface area contributed by atoms with Gasteiger partial charge in [-0.15, -0.1) is 0 Å². The third-order valence-electron chi connectivity index (χ3n) is 4.06. The molecule has 136 valence electrons. The number of anilines is 1. The van der Waals surface area contributed by atoms with Crippen LogP contribution in [0, 0.1) is 0 Å². The van der Waals surface area contributed by atoms with Crippen molar-refractivity contribution in [3.05, 3.63) is 66.4 Å². The fraction of sp³-hybridized carbons (Fsp3) is 0.211. The minimum absolute atomic E-state index is 0.111. The number of nitrogens with zero attached hydrogens (tertiary/aromatic N) is 1. The Hall–Kier alpha value is -2.80. The van der Waals surface area contributed by atoms with Gasteiger partial charge in [-0.1, -0.05) is 30.3 Å². The number of carbonyl (C=O) groups excluding carboxylic acids is 1. The van der Waals surface area contributed by atoms with E-state index in [4.69, 9.17) is 0 Å². The second-order valence-electron chi connectivity index (χ2n) is 6.29. The minimum atomic E-state index is -3.34. The van der Waals surface area contributed by atoms with Gasteiger partial charge in [0, 0.05) is 17.4 Å². The average molecular weight is 371 g/mol. The Bertz CT molecular complexity index is 1040. The van der Waals surface area contributed by atoms with Gasteiger partial charge in [-0.2, -0.15) is 0 Å². The van der Waals surface area contributed by atoms with E-state index in [0.29, 0.717) is 5.69 Å². The number of benzene rings is 2. The van der Waals surface area contributed by atoms with E-state index >= 15 is 0 Å². The lowest BCUT2D eigenvalue weighted by molar-refractivity contribution is -0.122. The predicted octanol–water partition coefficient (Wildman–Crippen LogP) is 2.89. The fourth-order valence-electron chi connectivity index (χ4n) is 2.89. The quantitative estimate of drug-likeness (QED) is 0.699. The highest BCUT2D eigenvalue weighted by Crippen LogP contribution is 2.19. The Balaban J connectivity index is 1.68. The molecule has 0 aliphatic rings. The van der Waals surface area contributed by atoms with Crippen LogP contribution in [0.2, 0.25) is 0 Å². The normalized spacial score (nSPS) is 12.7. The summed E-state index contributed by atoms with van der Waals surface area (Å²) in [6, 6.07) is 16.6. The second kappa shape index (κ2) is 7.21. The first-order valence-corrected chi connectivity index (χ1v) is 10.1. The third-order valence-corrected chi connectivity index (χ3v) is 4.67. The molecule has 1 aromatic heterocycles. The molecule has 1 atom stereocenters. The lowest BCUT2D eigenvalue weighted by Gasteiger charge is -2.16. The summed E-state index contributed by atoms with van der Waals surface area (Å²) in [6.07, 6.45) is 3.00. The molecule has 0 unspecified atom stereocenters. The van der Waals surface area contributed by atoms with Crippen molar-refractivity contribution in [2.45, 2.75) is 19.5 Å². The molecule has 0 radical (unpaired) electrons. The smallest absolute Gasteiger partial charge is 0.240 e. The predicted molar refractivity (Wildman–Crippen MR) is 103 cm³/mol. The number of para-hydroxylation sites is 1. The average Bonchev–Trinajstić information content (AvgIpc) is 2.96. The first kappa shape index (κ1) is 18.0. The van der Waals surface area contributed by atoms with E-state index in [0.717, 1.165) is 22.7 Å². The van der Waals surface area contributed by atoms with Crippen LogP contribution in [0.25, 0.3) is 10.9 Å². The summed E-state index contributed by atoms with van der Waals surface area (Å²) >= 11 is 0. The molecule has 7 heteroatoms. The largest absolute Gasteiger partial charge is 0.348 e. The number of nitrogens with one attached hydrogen (secondary N) is 2. The monoisotopic (exact) mass is 371 g/mol. The maximum atomic E-state index is 12.4. The van der Waals surface area contributed by atoms with Crippen LogP contribution < -0.4 is 10.0 Å². The molecule has 3 rings (SSSR count). The van der Waals surface area contributed by atoms with Crippen molar-refractivity contribution in [1.29, 1.82) is 0 Å². The van der Waals surface area contributed by atoms with Gasteiger partial charge in [-0.3, -0.25) is 9.52 Å². The molecule has 0 saturated heterocycles. The van der Waals surface area contributed by atoms with Crippen molar-refractivity contribution in [2.75, 3.05) is 11.0 Å². The first-order chi connectivity index (χ1) is 12.3. The Morgan fingerprint density at radius 3 is 2.65 bits per heavy atom. The van der Waals surface area contributed by atoms with Crippen LogP contribution in [-0.4, -0.2) is 25.1 Å². The van der Waals surface area contributed by atoms with Gasteiger partial charge in [0.2, 0.25) is 15.9 Å². The molecule has 0 fully saturated rings. The summed E-state index contributed by atoms with van der Waals surface area (Å²) in [6.45, 7) is 2.09. The van der Waals surface area contributed by atoms with E-state index in [1.165, 1.54) is 0 Å². The molecule has 0 spiro atoms. The summed E-state index contributed by atoms with van der Waals surface area (Å²) in [5.41, 5.74) is 2.31. The van der Waals surface area contributed by atoms with Crippen LogP contribution in [0.5, 0.6) is 0 Å². The van der Waals surface area contributed by atoms with Gasteiger partial charge in [-0.25, -0.2) is 8.42 Å². The van der Waals surface area contributed by atoms with Crippen molar-refractivity contribution >= 4 is 32.5 Å². The van der Waals surface area contributed by atoms with E-state index in [-0.39, 0.29) is 18.5 Å². The van der Waals surface area contributed by atoms with Crippen molar-refractivity contribution < 1.29 is 13.2 Å². The van der Waals surface area contributed by atoms with Crippen molar-refractivity contribution in [1.82, 2.24) is 9.88 Å². The van der Waals surface area contributed by atoms with Crippen LogP contribution in [0.4, 0.5) is 5.69 Å². The van der Waals surface area contributed by atoms with Crippen LogP contribution in [0.15, 0.2) is 60.8 Å². The van der Waals surface area contributed by atoms with Gasteiger partial charge >= 0.3 is 0 Å². The number of sulfonamides is 1. The molecule has 2 N–H and O–H groups in total. The first-order valence-electron chi connectivity index (χ1n) is 8.23. The number of aromatic nitrogens is 1. The summed E-state index contributed by atoms with van der Waals surface area (Å²) in [7, 11) is -3.34. The van der Waals surface area contributed by atoms with Crippen molar-refractivity contribution in [3.8, 4) is 0 Å². The maximum absolute atomic E-state index is 12.4. The van der Waals surface area contributed by atoms with E-state index in [9.17, 15) is 13.2 Å². The Kier molecular flexibility index (Phi) is 4.99. The molecular formula is C19H21N3O3S. The van der Waals surface area contributed by atoms with Gasteiger partial charge in [0.15, 0.2) is 0 Å². The lowest BCUT2D eigenvalue weighted by Crippen LogP contribution is -2.30. The molecule has 0 aliphatic heterocycles. The van der Waals surface area contributed by atoms with Gasteiger partial charge in [0.25, 0.3) is 0 Å². The summed E-state index contributed by atoms with van der Waals surface area (Å²) in [5.74, 6) is -0.111. The highest BCUT2D eigenvalue weighted by molar-refractivity contribution is 7.92. The zero-order valence-corrected chi connectivity index (χ0v) is 15.5. The Morgan fingerprint density at radius 1 is 1.12 bits per heavy atom. The molecule has 6 nitrogen and oxygen atoms in total. The highest BCUT2D eigenvalue weighted by atomic mass is 32.2. The van der Waals surface area contributed by atoms with E-state index in [1.807, 2.05) is 54.1 Å². The van der Waals surface area contributed by atoms with Crippen LogP contribution >= 0.6 is 0 Å². The van der Waals surface area contributed by atoms with Crippen LogP contribution in [0.1, 0.15) is 18.5 Å². The van der Waals surface area contributed by atoms with Gasteiger partial charge in [0.1, 0.15) is 6.54 Å². The molecule has 1 heterocycles. The number of hydrogen-bond donors (Lipinski definition) is 2. The number of hydrogen-bond acceptors (Lipinski definition) is 3. The molecular weight excluding hydrogens is 350 g/mol. The summed E-state index contributed by atoms with van der Waals surface area (Å²) < 4.78 is 27.1. The van der Waals surface area contributed by atoms with E-state index in [1.54, 1.807) is 18.2 Å². The maximum Gasteiger partial charge on any atom is 0.240 e. The molecule has 1 amide bonds. The van der Waals surface area contributed by atoms with Crippen LogP contribution in [0.3, 0.4) is 0 Å². The molecule has 0 aliphatic carbocycles. The van der Waals surface area contributed by atoms with Crippen molar-refractivity contribution in [3.63, 3.8) is 0 Å². The Labute approximate surface area is 152 Å². The standard InChI is InChI=1S/C19H21N3O3S/c1-14(16-7-5-8-17(12-16)21-26(2,24)25)20-19(23)13-22-11-10-15-6-3-4-9-18(15)22/h3-12,14,21H,13H2,1-2H3,(H,20,23)/t14-/m1/s1. The fourth-order valence-corrected chi connectivity index (χ4v) is 3.44. The molecule has 0 saturated carbocycles. The number of rotatable bonds is 6. The van der Waals surface area contributed by atoms with Gasteiger partial charge < -0.3 is 9.88 Å². The Morgan fingerprint density at radius 2 is 1.88 bits per heavy atom. The number of carbonyl (C=O) groups is 1. The second-order valence-corrected chi connectivity index (χ2v) is 8.04. The molecule has 26 heavy (non-hydrogen) atoms. The zero-order chi connectivity index (χ0) is 18.7. The summed E-state index contributed by atoms with van der Waals surface area (Å²) in [4.78, 5) is 12.4. The van der Waals surface area contributed by atoms with Crippen LogP contribution in [-0.2, 0) is 21.4 Å².